The first-order valence-corrected chi connectivity index (χ1v) is 7.28. The van der Waals surface area contributed by atoms with Gasteiger partial charge in [0.25, 0.3) is 0 Å². The van der Waals surface area contributed by atoms with Gasteiger partial charge in [-0.05, 0) is 38.6 Å². The summed E-state index contributed by atoms with van der Waals surface area (Å²) in [7, 11) is 0. The molecular weight excluding hydrogens is 246 g/mol. The molecule has 0 spiro atoms. The predicted octanol–water partition coefficient (Wildman–Crippen LogP) is 2.15. The number of thiazole rings is 1. The highest BCUT2D eigenvalue weighted by Gasteiger charge is 2.37. The largest absolute Gasteiger partial charge is 0.347 e. The van der Waals surface area contributed by atoms with E-state index in [0.29, 0.717) is 13.0 Å². The number of carbonyl (C=O) groups excluding carboxylic acids is 1. The minimum absolute atomic E-state index is 0.00824. The van der Waals surface area contributed by atoms with Crippen LogP contribution in [-0.4, -0.2) is 17.4 Å². The number of aromatic nitrogens is 1. The average molecular weight is 267 g/mol. The van der Waals surface area contributed by atoms with Crippen molar-refractivity contribution >= 4 is 17.2 Å². The number of nitrogens with two attached hydrogens (primary N) is 1. The number of hydrogen-bond donors (Lipinski definition) is 2. The fraction of sp³-hybridized carbons (Fsp3) is 0.692. The van der Waals surface area contributed by atoms with Crippen molar-refractivity contribution in [2.45, 2.75) is 45.6 Å². The molecule has 5 heteroatoms. The van der Waals surface area contributed by atoms with Gasteiger partial charge in [0.05, 0.1) is 6.04 Å². The lowest BCUT2D eigenvalue weighted by molar-refractivity contribution is -0.125. The maximum atomic E-state index is 12.0. The van der Waals surface area contributed by atoms with E-state index in [-0.39, 0.29) is 17.4 Å². The molecule has 100 valence electrons. The zero-order chi connectivity index (χ0) is 13.2. The molecule has 18 heavy (non-hydrogen) atoms. The highest BCUT2D eigenvalue weighted by molar-refractivity contribution is 7.11. The zero-order valence-corrected chi connectivity index (χ0v) is 11.8. The Hall–Kier alpha value is -0.940. The Morgan fingerprint density at radius 3 is 2.83 bits per heavy atom. The SMILES string of the molecule is Cc1cnc(C(C)NC(=O)CC2(CN)CCC2)s1. The third-order valence-corrected chi connectivity index (χ3v) is 4.87. The van der Waals surface area contributed by atoms with E-state index in [0.717, 1.165) is 17.8 Å². The summed E-state index contributed by atoms with van der Waals surface area (Å²) in [6.45, 7) is 4.62. The molecule has 1 amide bonds. The van der Waals surface area contributed by atoms with Crippen molar-refractivity contribution in [2.24, 2.45) is 11.1 Å². The summed E-state index contributed by atoms with van der Waals surface area (Å²) in [5.74, 6) is 0.0977. The quantitative estimate of drug-likeness (QED) is 0.859. The van der Waals surface area contributed by atoms with Gasteiger partial charge in [-0.25, -0.2) is 4.98 Å². The molecule has 1 aromatic rings. The van der Waals surface area contributed by atoms with Gasteiger partial charge in [-0.2, -0.15) is 0 Å². The molecule has 0 radical (unpaired) electrons. The molecule has 1 aromatic heterocycles. The number of aryl methyl sites for hydroxylation is 1. The van der Waals surface area contributed by atoms with E-state index < -0.39 is 0 Å². The zero-order valence-electron chi connectivity index (χ0n) is 11.0. The molecule has 0 saturated heterocycles. The molecule has 0 aliphatic heterocycles. The van der Waals surface area contributed by atoms with Crippen molar-refractivity contribution in [3.63, 3.8) is 0 Å². The number of carbonyl (C=O) groups is 1. The van der Waals surface area contributed by atoms with Crippen LogP contribution in [0.5, 0.6) is 0 Å². The van der Waals surface area contributed by atoms with Crippen LogP contribution in [0.2, 0.25) is 0 Å². The third kappa shape index (κ3) is 2.90. The minimum Gasteiger partial charge on any atom is -0.347 e. The molecule has 0 aromatic carbocycles. The average Bonchev–Trinajstić information content (AvgIpc) is 2.70. The molecule has 2 rings (SSSR count). The van der Waals surface area contributed by atoms with Gasteiger partial charge >= 0.3 is 0 Å². The van der Waals surface area contributed by atoms with Crippen LogP contribution < -0.4 is 11.1 Å². The van der Waals surface area contributed by atoms with Crippen LogP contribution in [-0.2, 0) is 4.79 Å². The normalized spacial score (nSPS) is 19.1. The Morgan fingerprint density at radius 2 is 2.39 bits per heavy atom. The summed E-state index contributed by atoms with van der Waals surface area (Å²) in [6.07, 6.45) is 5.77. The van der Waals surface area contributed by atoms with Crippen LogP contribution in [0.3, 0.4) is 0 Å². The van der Waals surface area contributed by atoms with Crippen molar-refractivity contribution in [3.8, 4) is 0 Å². The van der Waals surface area contributed by atoms with Crippen LogP contribution in [0.15, 0.2) is 6.20 Å². The van der Waals surface area contributed by atoms with E-state index in [1.165, 1.54) is 11.3 Å². The fourth-order valence-electron chi connectivity index (χ4n) is 2.40. The lowest BCUT2D eigenvalue weighted by Crippen LogP contribution is -2.42. The first-order chi connectivity index (χ1) is 8.54. The van der Waals surface area contributed by atoms with Gasteiger partial charge in [0.1, 0.15) is 5.01 Å². The first-order valence-electron chi connectivity index (χ1n) is 6.46. The molecule has 1 heterocycles. The monoisotopic (exact) mass is 267 g/mol. The number of hydrogen-bond acceptors (Lipinski definition) is 4. The number of rotatable bonds is 5. The van der Waals surface area contributed by atoms with Crippen LogP contribution in [0.1, 0.15) is 48.5 Å². The van der Waals surface area contributed by atoms with Crippen molar-refractivity contribution in [3.05, 3.63) is 16.1 Å². The van der Waals surface area contributed by atoms with E-state index in [1.54, 1.807) is 11.3 Å². The Morgan fingerprint density at radius 1 is 1.67 bits per heavy atom. The third-order valence-electron chi connectivity index (χ3n) is 3.77. The molecule has 1 fully saturated rings. The van der Waals surface area contributed by atoms with E-state index >= 15 is 0 Å². The Kier molecular flexibility index (Phi) is 4.02. The summed E-state index contributed by atoms with van der Waals surface area (Å²) in [5.41, 5.74) is 5.84. The first kappa shape index (κ1) is 13.5. The van der Waals surface area contributed by atoms with E-state index in [4.69, 9.17) is 5.73 Å². The second-order valence-electron chi connectivity index (χ2n) is 5.33. The highest BCUT2D eigenvalue weighted by atomic mass is 32.1. The van der Waals surface area contributed by atoms with E-state index in [9.17, 15) is 4.79 Å². The van der Waals surface area contributed by atoms with Gasteiger partial charge in [0.2, 0.25) is 5.91 Å². The Labute approximate surface area is 112 Å². The molecule has 1 atom stereocenters. The van der Waals surface area contributed by atoms with Gasteiger partial charge < -0.3 is 11.1 Å². The van der Waals surface area contributed by atoms with Crippen LogP contribution in [0.25, 0.3) is 0 Å². The maximum Gasteiger partial charge on any atom is 0.221 e. The summed E-state index contributed by atoms with van der Waals surface area (Å²) in [4.78, 5) is 17.5. The molecule has 4 nitrogen and oxygen atoms in total. The van der Waals surface area contributed by atoms with Crippen LogP contribution >= 0.6 is 11.3 Å². The fourth-order valence-corrected chi connectivity index (χ4v) is 3.17. The Bertz CT molecular complexity index is 420. The second-order valence-corrected chi connectivity index (χ2v) is 6.60. The van der Waals surface area contributed by atoms with Crippen molar-refractivity contribution < 1.29 is 4.79 Å². The lowest BCUT2D eigenvalue weighted by Gasteiger charge is -2.40. The molecule has 1 aliphatic rings. The predicted molar refractivity (Wildman–Crippen MR) is 73.4 cm³/mol. The highest BCUT2D eigenvalue weighted by Crippen LogP contribution is 2.42. The summed E-state index contributed by atoms with van der Waals surface area (Å²) >= 11 is 1.63. The molecule has 0 bridgehead atoms. The summed E-state index contributed by atoms with van der Waals surface area (Å²) in [5, 5.41) is 3.99. The minimum atomic E-state index is -0.00824. The van der Waals surface area contributed by atoms with Gasteiger partial charge in [0, 0.05) is 17.5 Å². The van der Waals surface area contributed by atoms with Gasteiger partial charge in [0.15, 0.2) is 0 Å². The second kappa shape index (κ2) is 5.36. The van der Waals surface area contributed by atoms with Crippen molar-refractivity contribution in [2.75, 3.05) is 6.54 Å². The van der Waals surface area contributed by atoms with Crippen molar-refractivity contribution in [1.82, 2.24) is 10.3 Å². The Balaban J connectivity index is 1.87. The standard InChI is InChI=1S/C13H21N3OS/c1-9-7-15-12(18-9)10(2)16-11(17)6-13(8-14)4-3-5-13/h7,10H,3-6,8,14H2,1-2H3,(H,16,17). The molecule has 3 N–H and O–H groups in total. The van der Waals surface area contributed by atoms with E-state index in [1.807, 2.05) is 20.0 Å². The van der Waals surface area contributed by atoms with Gasteiger partial charge in [-0.1, -0.05) is 6.42 Å². The topological polar surface area (TPSA) is 68.0 Å². The maximum absolute atomic E-state index is 12.0. The van der Waals surface area contributed by atoms with E-state index in [2.05, 4.69) is 10.3 Å². The smallest absolute Gasteiger partial charge is 0.221 e. The number of nitrogens with one attached hydrogen (secondary N) is 1. The molecule has 1 unspecified atom stereocenters. The molecule has 1 aliphatic carbocycles. The molecule has 1 saturated carbocycles. The molecular formula is C13H21N3OS. The summed E-state index contributed by atoms with van der Waals surface area (Å²) in [6, 6.07) is -0.00824. The van der Waals surface area contributed by atoms with Crippen molar-refractivity contribution in [1.29, 1.82) is 0 Å². The number of nitrogens with zero attached hydrogens (tertiary/aromatic N) is 1. The van der Waals surface area contributed by atoms with Gasteiger partial charge in [-0.15, -0.1) is 11.3 Å². The number of amides is 1. The van der Waals surface area contributed by atoms with Gasteiger partial charge in [-0.3, -0.25) is 4.79 Å². The summed E-state index contributed by atoms with van der Waals surface area (Å²) < 4.78 is 0. The lowest BCUT2D eigenvalue weighted by atomic mass is 9.66. The van der Waals surface area contributed by atoms with Crippen LogP contribution in [0.4, 0.5) is 0 Å². The van der Waals surface area contributed by atoms with Crippen LogP contribution in [0, 0.1) is 12.3 Å².